The first kappa shape index (κ1) is 18.7. The Bertz CT molecular complexity index is 705. The fourth-order valence-corrected chi connectivity index (χ4v) is 3.30. The molecule has 1 aromatic carbocycles. The third-order valence-electron chi connectivity index (χ3n) is 4.89. The molecule has 1 aliphatic carbocycles. The normalized spacial score (nSPS) is 17.2. The van der Waals surface area contributed by atoms with Crippen molar-refractivity contribution in [1.82, 2.24) is 4.90 Å². The molecular weight excluding hydrogens is 322 g/mol. The Balaban J connectivity index is 2.10. The van der Waals surface area contributed by atoms with Crippen molar-refractivity contribution in [3.63, 3.8) is 0 Å². The van der Waals surface area contributed by atoms with Gasteiger partial charge in [0, 0.05) is 18.7 Å². The van der Waals surface area contributed by atoms with Crippen molar-refractivity contribution in [2.45, 2.75) is 57.6 Å². The lowest BCUT2D eigenvalue weighted by Gasteiger charge is -2.40. The van der Waals surface area contributed by atoms with Gasteiger partial charge in [-0.3, -0.25) is 14.9 Å². The predicted octanol–water partition coefficient (Wildman–Crippen LogP) is 3.36. The van der Waals surface area contributed by atoms with E-state index in [4.69, 9.17) is 4.74 Å². The van der Waals surface area contributed by atoms with Gasteiger partial charge in [-0.25, -0.2) is 0 Å². The Hall–Kier alpha value is -2.62. The van der Waals surface area contributed by atoms with E-state index in [2.05, 4.69) is 6.07 Å². The van der Waals surface area contributed by atoms with Gasteiger partial charge in [0.25, 0.3) is 11.6 Å². The van der Waals surface area contributed by atoms with Gasteiger partial charge >= 0.3 is 0 Å². The zero-order chi connectivity index (χ0) is 18.6. The first-order chi connectivity index (χ1) is 11.8. The Labute approximate surface area is 147 Å². The van der Waals surface area contributed by atoms with E-state index in [9.17, 15) is 20.2 Å². The minimum absolute atomic E-state index is 0.00841. The largest absolute Gasteiger partial charge is 0.481 e. The number of rotatable bonds is 5. The quantitative estimate of drug-likeness (QED) is 0.602. The fraction of sp³-hybridized carbons (Fsp3) is 0.556. The number of carbonyl (C=O) groups excluding carboxylic acids is 1. The van der Waals surface area contributed by atoms with E-state index in [1.165, 1.54) is 17.0 Å². The molecule has 0 spiro atoms. The smallest absolute Gasteiger partial charge is 0.272 e. The molecule has 7 nitrogen and oxygen atoms in total. The summed E-state index contributed by atoms with van der Waals surface area (Å²) in [5.74, 6) is 0.131. The molecule has 134 valence electrons. The Kier molecular flexibility index (Phi) is 5.62. The molecule has 0 saturated heterocycles. The van der Waals surface area contributed by atoms with Crippen molar-refractivity contribution in [2.75, 3.05) is 7.05 Å². The van der Waals surface area contributed by atoms with Crippen LogP contribution in [0.15, 0.2) is 18.2 Å². The average molecular weight is 345 g/mol. The zero-order valence-corrected chi connectivity index (χ0v) is 14.8. The second-order valence-electron chi connectivity index (χ2n) is 6.57. The maximum Gasteiger partial charge on any atom is 0.272 e. The van der Waals surface area contributed by atoms with Crippen molar-refractivity contribution in [3.8, 4) is 11.8 Å². The van der Waals surface area contributed by atoms with Crippen LogP contribution in [0.2, 0.25) is 0 Å². The van der Waals surface area contributed by atoms with Gasteiger partial charge in [0.1, 0.15) is 11.3 Å². The van der Waals surface area contributed by atoms with Crippen LogP contribution in [0.4, 0.5) is 5.69 Å². The number of nitrogens with zero attached hydrogens (tertiary/aromatic N) is 3. The van der Waals surface area contributed by atoms with Crippen LogP contribution in [0.1, 0.15) is 44.6 Å². The summed E-state index contributed by atoms with van der Waals surface area (Å²) in [6.45, 7) is 3.25. The Morgan fingerprint density at radius 3 is 2.56 bits per heavy atom. The molecule has 1 fully saturated rings. The van der Waals surface area contributed by atoms with Crippen LogP contribution < -0.4 is 4.74 Å². The summed E-state index contributed by atoms with van der Waals surface area (Å²) in [7, 11) is 1.65. The average Bonchev–Trinajstić information content (AvgIpc) is 2.60. The van der Waals surface area contributed by atoms with Crippen molar-refractivity contribution in [2.24, 2.45) is 0 Å². The monoisotopic (exact) mass is 345 g/mol. The van der Waals surface area contributed by atoms with Crippen molar-refractivity contribution in [1.29, 1.82) is 5.26 Å². The molecule has 0 radical (unpaired) electrons. The molecule has 25 heavy (non-hydrogen) atoms. The first-order valence-electron chi connectivity index (χ1n) is 8.41. The number of carbonyl (C=O) groups is 1. The van der Waals surface area contributed by atoms with Gasteiger partial charge in [-0.1, -0.05) is 19.3 Å². The third-order valence-corrected chi connectivity index (χ3v) is 4.89. The summed E-state index contributed by atoms with van der Waals surface area (Å²) < 4.78 is 5.67. The summed E-state index contributed by atoms with van der Waals surface area (Å²) in [6, 6.07) is 6.71. The number of aryl methyl sites for hydroxylation is 1. The van der Waals surface area contributed by atoms with Gasteiger partial charge < -0.3 is 9.64 Å². The lowest BCUT2D eigenvalue weighted by Crippen LogP contribution is -2.53. The van der Waals surface area contributed by atoms with Gasteiger partial charge in [-0.15, -0.1) is 0 Å². The number of nitro benzene ring substituents is 1. The van der Waals surface area contributed by atoms with E-state index in [0.29, 0.717) is 24.2 Å². The second-order valence-corrected chi connectivity index (χ2v) is 6.57. The SMILES string of the molecule is Cc1cc(O[C@@H](C)C(=O)N(C)C2(C#N)CCCCC2)ccc1[N+](=O)[O-]. The number of nitro groups is 1. The van der Waals surface area contributed by atoms with E-state index in [1.54, 1.807) is 27.0 Å². The first-order valence-corrected chi connectivity index (χ1v) is 8.41. The van der Waals surface area contributed by atoms with Crippen LogP contribution in [0, 0.1) is 28.4 Å². The topological polar surface area (TPSA) is 96.5 Å². The molecule has 0 bridgehead atoms. The number of amides is 1. The maximum absolute atomic E-state index is 12.7. The standard InChI is InChI=1S/C18H23N3O4/c1-13-11-15(7-8-16(13)21(23)24)25-14(2)17(22)20(3)18(12-19)9-5-4-6-10-18/h7-8,11,14H,4-6,9-10H2,1-3H3/t14-/m0/s1. The molecule has 0 aromatic heterocycles. The van der Waals surface area contributed by atoms with Crippen molar-refractivity contribution >= 4 is 11.6 Å². The highest BCUT2D eigenvalue weighted by Gasteiger charge is 2.40. The van der Waals surface area contributed by atoms with E-state index in [1.807, 2.05) is 0 Å². The van der Waals surface area contributed by atoms with Gasteiger partial charge in [0.2, 0.25) is 0 Å². The fourth-order valence-electron chi connectivity index (χ4n) is 3.30. The number of ether oxygens (including phenoxy) is 1. The maximum atomic E-state index is 12.7. The third kappa shape index (κ3) is 3.90. The molecule has 1 aromatic rings. The summed E-state index contributed by atoms with van der Waals surface area (Å²) in [4.78, 5) is 24.6. The Morgan fingerprint density at radius 1 is 1.40 bits per heavy atom. The second kappa shape index (κ2) is 7.51. The van der Waals surface area contributed by atoms with Crippen LogP contribution in [0.25, 0.3) is 0 Å². The van der Waals surface area contributed by atoms with E-state index in [-0.39, 0.29) is 11.6 Å². The minimum Gasteiger partial charge on any atom is -0.481 e. The molecule has 1 amide bonds. The predicted molar refractivity (Wildman–Crippen MR) is 92.1 cm³/mol. The molecule has 0 aliphatic heterocycles. The number of benzene rings is 1. The highest BCUT2D eigenvalue weighted by molar-refractivity contribution is 5.82. The molecule has 7 heteroatoms. The van der Waals surface area contributed by atoms with Crippen molar-refractivity contribution < 1.29 is 14.5 Å². The van der Waals surface area contributed by atoms with Crippen LogP contribution in [0.3, 0.4) is 0 Å². The molecular formula is C18H23N3O4. The lowest BCUT2D eigenvalue weighted by atomic mass is 9.81. The minimum atomic E-state index is -0.780. The molecule has 1 atom stereocenters. The van der Waals surface area contributed by atoms with Gasteiger partial charge in [-0.2, -0.15) is 5.26 Å². The highest BCUT2D eigenvalue weighted by Crippen LogP contribution is 2.33. The number of hydrogen-bond acceptors (Lipinski definition) is 5. The van der Waals surface area contributed by atoms with Gasteiger partial charge in [-0.05, 0) is 38.8 Å². The van der Waals surface area contributed by atoms with E-state index < -0.39 is 16.6 Å². The molecule has 1 saturated carbocycles. The zero-order valence-electron chi connectivity index (χ0n) is 14.8. The van der Waals surface area contributed by atoms with Crippen LogP contribution in [0.5, 0.6) is 5.75 Å². The molecule has 0 unspecified atom stereocenters. The van der Waals surface area contributed by atoms with E-state index in [0.717, 1.165) is 19.3 Å². The molecule has 2 rings (SSSR count). The lowest BCUT2D eigenvalue weighted by molar-refractivity contribution is -0.385. The van der Waals surface area contributed by atoms with Gasteiger partial charge in [0.15, 0.2) is 6.10 Å². The van der Waals surface area contributed by atoms with E-state index >= 15 is 0 Å². The van der Waals surface area contributed by atoms with Crippen LogP contribution in [-0.4, -0.2) is 34.4 Å². The number of hydrogen-bond donors (Lipinski definition) is 0. The number of nitriles is 1. The Morgan fingerprint density at radius 2 is 2.04 bits per heavy atom. The summed E-state index contributed by atoms with van der Waals surface area (Å²) in [6.07, 6.45) is 3.52. The summed E-state index contributed by atoms with van der Waals surface area (Å²) in [5, 5.41) is 20.5. The van der Waals surface area contributed by atoms with Crippen molar-refractivity contribution in [3.05, 3.63) is 33.9 Å². The summed E-state index contributed by atoms with van der Waals surface area (Å²) in [5.41, 5.74) is -0.288. The number of likely N-dealkylation sites (N-methyl/N-ethyl adjacent to an activating group) is 1. The summed E-state index contributed by atoms with van der Waals surface area (Å²) >= 11 is 0. The highest BCUT2D eigenvalue weighted by atomic mass is 16.6. The van der Waals surface area contributed by atoms with Crippen LogP contribution in [-0.2, 0) is 4.79 Å². The van der Waals surface area contributed by atoms with Gasteiger partial charge in [0.05, 0.1) is 11.0 Å². The molecule has 1 aliphatic rings. The van der Waals surface area contributed by atoms with Crippen LogP contribution >= 0.6 is 0 Å². The molecule has 0 heterocycles. The molecule has 0 N–H and O–H groups in total.